The van der Waals surface area contributed by atoms with Crippen molar-refractivity contribution < 1.29 is 31.9 Å². The summed E-state index contributed by atoms with van der Waals surface area (Å²) in [7, 11) is 0. The van der Waals surface area contributed by atoms with Crippen LogP contribution in [0, 0.1) is 20.8 Å². The normalized spacial score (nSPS) is 16.7. The number of carbonyl (C=O) groups is 1. The number of anilines is 1. The molecular formula is C21H22F5N3O3. The molecule has 2 aromatic heterocycles. The van der Waals surface area contributed by atoms with Crippen LogP contribution >= 0.6 is 0 Å². The molecule has 0 saturated carbocycles. The molecule has 0 radical (unpaired) electrons. The molecule has 2 aromatic rings. The highest BCUT2D eigenvalue weighted by atomic mass is 19.4. The summed E-state index contributed by atoms with van der Waals surface area (Å²) in [5, 5.41) is 9.66. The van der Waals surface area contributed by atoms with Gasteiger partial charge in [0, 0.05) is 42.8 Å². The van der Waals surface area contributed by atoms with Crippen LogP contribution < -0.4 is 10.3 Å². The van der Waals surface area contributed by atoms with E-state index in [2.05, 4.69) is 9.97 Å². The lowest BCUT2D eigenvalue weighted by Crippen LogP contribution is -2.29. The predicted octanol–water partition coefficient (Wildman–Crippen LogP) is 4.70. The molecule has 0 atom stereocenters. The summed E-state index contributed by atoms with van der Waals surface area (Å²) in [6, 6.07) is 1.10. The molecule has 0 spiro atoms. The lowest BCUT2D eigenvalue weighted by Gasteiger charge is -2.26. The zero-order valence-corrected chi connectivity index (χ0v) is 17.7. The van der Waals surface area contributed by atoms with Gasteiger partial charge in [-0.1, -0.05) is 0 Å². The third kappa shape index (κ3) is 4.46. The van der Waals surface area contributed by atoms with E-state index in [1.54, 1.807) is 0 Å². The lowest BCUT2D eigenvalue weighted by molar-refractivity contribution is -0.141. The summed E-state index contributed by atoms with van der Waals surface area (Å²) < 4.78 is 68.5. The summed E-state index contributed by atoms with van der Waals surface area (Å²) in [5.74, 6) is -4.81. The first-order chi connectivity index (χ1) is 14.7. The summed E-state index contributed by atoms with van der Waals surface area (Å²) in [5.41, 5.74) is -2.69. The highest BCUT2D eigenvalue weighted by molar-refractivity contribution is 5.96. The van der Waals surface area contributed by atoms with Gasteiger partial charge in [-0.2, -0.15) is 13.2 Å². The van der Waals surface area contributed by atoms with Gasteiger partial charge in [0.2, 0.25) is 5.92 Å². The Labute approximate surface area is 180 Å². The number of hydrogen-bond acceptors (Lipinski definition) is 4. The fraction of sp³-hybridized carbons (Fsp3) is 0.476. The Bertz CT molecular complexity index is 1130. The third-order valence-corrected chi connectivity index (χ3v) is 5.65. The van der Waals surface area contributed by atoms with E-state index in [0.717, 1.165) is 6.07 Å². The highest BCUT2D eigenvalue weighted by Crippen LogP contribution is 2.39. The van der Waals surface area contributed by atoms with Crippen molar-refractivity contribution in [1.82, 2.24) is 9.97 Å². The molecule has 174 valence electrons. The second-order valence-corrected chi connectivity index (χ2v) is 7.98. The van der Waals surface area contributed by atoms with Crippen LogP contribution in [0.15, 0.2) is 10.9 Å². The maximum Gasteiger partial charge on any atom is 0.433 e. The molecule has 0 aliphatic carbocycles. The molecule has 0 amide bonds. The van der Waals surface area contributed by atoms with Gasteiger partial charge in [0.1, 0.15) is 17.1 Å². The number of aromatic nitrogens is 2. The topological polar surface area (TPSA) is 86.3 Å². The number of aryl methyl sites for hydroxylation is 2. The quantitative estimate of drug-likeness (QED) is 0.650. The molecule has 0 bridgehead atoms. The summed E-state index contributed by atoms with van der Waals surface area (Å²) in [4.78, 5) is 32.4. The Kier molecular flexibility index (Phi) is 6.05. The van der Waals surface area contributed by atoms with Crippen LogP contribution in [0.5, 0.6) is 0 Å². The molecule has 6 nitrogen and oxygen atoms in total. The largest absolute Gasteiger partial charge is 0.477 e. The van der Waals surface area contributed by atoms with Crippen LogP contribution in [-0.2, 0) is 6.18 Å². The minimum atomic E-state index is -4.81. The molecule has 32 heavy (non-hydrogen) atoms. The molecule has 1 aliphatic rings. The first-order valence-electron chi connectivity index (χ1n) is 9.91. The lowest BCUT2D eigenvalue weighted by atomic mass is 10.00. The second-order valence-electron chi connectivity index (χ2n) is 7.98. The number of carboxylic acids is 1. The number of aromatic carboxylic acids is 1. The number of rotatable bonds is 3. The average Bonchev–Trinajstić information content (AvgIpc) is 2.84. The summed E-state index contributed by atoms with van der Waals surface area (Å²) in [6.07, 6.45) is -5.80. The standard InChI is InChI=1S/C21H22F5N3O3/c1-10-9-13(15-14(19(31)32)16(30)11(2)12(3)27-15)18(28-17(10)21(24,25)26)29-7-4-5-20(22,23)6-8-29/h9H,4-8H2,1-3H3,(H,27,30)(H,31,32). The van der Waals surface area contributed by atoms with Crippen molar-refractivity contribution in [3.63, 3.8) is 0 Å². The maximum absolute atomic E-state index is 13.9. The zero-order valence-electron chi connectivity index (χ0n) is 17.7. The van der Waals surface area contributed by atoms with Crippen LogP contribution in [0.1, 0.15) is 52.1 Å². The average molecular weight is 459 g/mol. The minimum Gasteiger partial charge on any atom is -0.477 e. The third-order valence-electron chi connectivity index (χ3n) is 5.65. The van der Waals surface area contributed by atoms with Crippen molar-refractivity contribution in [2.45, 2.75) is 52.1 Å². The van der Waals surface area contributed by atoms with Crippen LogP contribution in [0.4, 0.5) is 27.8 Å². The number of nitrogens with zero attached hydrogens (tertiary/aromatic N) is 2. The van der Waals surface area contributed by atoms with E-state index < -0.39 is 47.6 Å². The number of pyridine rings is 2. The first-order valence-corrected chi connectivity index (χ1v) is 9.91. The van der Waals surface area contributed by atoms with Gasteiger partial charge in [-0.3, -0.25) is 4.79 Å². The van der Waals surface area contributed by atoms with E-state index in [1.807, 2.05) is 0 Å². The van der Waals surface area contributed by atoms with E-state index in [9.17, 15) is 36.6 Å². The monoisotopic (exact) mass is 459 g/mol. The Morgan fingerprint density at radius 3 is 2.44 bits per heavy atom. The smallest absolute Gasteiger partial charge is 0.433 e. The van der Waals surface area contributed by atoms with E-state index in [4.69, 9.17) is 0 Å². The van der Waals surface area contributed by atoms with Crippen LogP contribution in [0.3, 0.4) is 0 Å². The Balaban J connectivity index is 2.33. The minimum absolute atomic E-state index is 0.00737. The Morgan fingerprint density at radius 2 is 1.84 bits per heavy atom. The van der Waals surface area contributed by atoms with Gasteiger partial charge < -0.3 is 15.0 Å². The van der Waals surface area contributed by atoms with Crippen molar-refractivity contribution in [3.8, 4) is 11.3 Å². The van der Waals surface area contributed by atoms with Gasteiger partial charge >= 0.3 is 12.1 Å². The maximum atomic E-state index is 13.9. The predicted molar refractivity (Wildman–Crippen MR) is 107 cm³/mol. The summed E-state index contributed by atoms with van der Waals surface area (Å²) in [6.45, 7) is 3.86. The molecule has 1 fully saturated rings. The zero-order chi connectivity index (χ0) is 24.0. The fourth-order valence-electron chi connectivity index (χ4n) is 3.81. The number of nitrogens with one attached hydrogen (secondary N) is 1. The van der Waals surface area contributed by atoms with Crippen molar-refractivity contribution in [3.05, 3.63) is 44.4 Å². The van der Waals surface area contributed by atoms with Crippen molar-refractivity contribution >= 4 is 11.8 Å². The number of hydrogen-bond donors (Lipinski definition) is 2. The molecule has 3 heterocycles. The molecule has 11 heteroatoms. The van der Waals surface area contributed by atoms with Gasteiger partial charge in [-0.25, -0.2) is 18.6 Å². The molecule has 3 rings (SSSR count). The van der Waals surface area contributed by atoms with Crippen molar-refractivity contribution in [1.29, 1.82) is 0 Å². The van der Waals surface area contributed by atoms with E-state index >= 15 is 0 Å². The Hall–Kier alpha value is -2.98. The van der Waals surface area contributed by atoms with Gasteiger partial charge in [-0.15, -0.1) is 0 Å². The van der Waals surface area contributed by atoms with Gasteiger partial charge in [0.05, 0.1) is 5.69 Å². The molecule has 1 saturated heterocycles. The molecule has 2 N–H and O–H groups in total. The van der Waals surface area contributed by atoms with Crippen LogP contribution in [-0.4, -0.2) is 40.1 Å². The number of halogens is 5. The van der Waals surface area contributed by atoms with E-state index in [0.29, 0.717) is 5.69 Å². The van der Waals surface area contributed by atoms with E-state index in [1.165, 1.54) is 25.7 Å². The number of H-pyrrole nitrogens is 1. The van der Waals surface area contributed by atoms with Crippen molar-refractivity contribution in [2.75, 3.05) is 18.0 Å². The number of alkyl halides is 5. The Morgan fingerprint density at radius 1 is 1.19 bits per heavy atom. The SMILES string of the molecule is Cc1cc(-c2[nH]c(C)c(C)c(=O)c2C(=O)O)c(N2CCCC(F)(F)CC2)nc1C(F)(F)F. The van der Waals surface area contributed by atoms with Crippen molar-refractivity contribution in [2.24, 2.45) is 0 Å². The second kappa shape index (κ2) is 8.18. The van der Waals surface area contributed by atoms with Gasteiger partial charge in [0.25, 0.3) is 0 Å². The number of carboxylic acid groups (broad SMARTS) is 1. The van der Waals surface area contributed by atoms with E-state index in [-0.39, 0.29) is 47.7 Å². The highest BCUT2D eigenvalue weighted by Gasteiger charge is 2.38. The van der Waals surface area contributed by atoms with Gasteiger partial charge in [0.15, 0.2) is 5.43 Å². The fourth-order valence-corrected chi connectivity index (χ4v) is 3.81. The molecular weight excluding hydrogens is 437 g/mol. The molecule has 0 aromatic carbocycles. The first kappa shape index (κ1) is 23.7. The summed E-state index contributed by atoms with van der Waals surface area (Å²) >= 11 is 0. The van der Waals surface area contributed by atoms with Crippen LogP contribution in [0.2, 0.25) is 0 Å². The van der Waals surface area contributed by atoms with Crippen LogP contribution in [0.25, 0.3) is 11.3 Å². The number of aromatic amines is 1. The van der Waals surface area contributed by atoms with Gasteiger partial charge in [-0.05, 0) is 38.8 Å². The molecule has 1 aliphatic heterocycles. The molecule has 0 unspecified atom stereocenters.